The molecule has 0 bridgehead atoms. The van der Waals surface area contributed by atoms with Crippen molar-refractivity contribution >= 4 is 17.8 Å². The minimum absolute atomic E-state index is 0.0873. The van der Waals surface area contributed by atoms with E-state index in [0.717, 1.165) is 18.2 Å². The van der Waals surface area contributed by atoms with Crippen LogP contribution in [0.5, 0.6) is 0 Å². The van der Waals surface area contributed by atoms with Gasteiger partial charge in [0.25, 0.3) is 11.8 Å². The first-order valence-corrected chi connectivity index (χ1v) is 7.62. The zero-order valence-electron chi connectivity index (χ0n) is 12.7. The van der Waals surface area contributed by atoms with Crippen LogP contribution in [0.25, 0.3) is 0 Å². The van der Waals surface area contributed by atoms with Crippen LogP contribution in [0.15, 0.2) is 42.5 Å². The van der Waals surface area contributed by atoms with E-state index in [1.165, 1.54) is 12.1 Å². The summed E-state index contributed by atoms with van der Waals surface area (Å²) < 4.78 is 27.0. The van der Waals surface area contributed by atoms with Crippen molar-refractivity contribution in [3.05, 3.63) is 70.8 Å². The number of carbonyl (C=O) groups is 3. The average Bonchev–Trinajstić information content (AvgIpc) is 3.37. The molecule has 1 aliphatic heterocycles. The summed E-state index contributed by atoms with van der Waals surface area (Å²) in [6.45, 7) is 0. The molecule has 1 heterocycles. The van der Waals surface area contributed by atoms with Gasteiger partial charge in [0.15, 0.2) is 0 Å². The number of fused-ring (bicyclic) bond motifs is 1. The summed E-state index contributed by atoms with van der Waals surface area (Å²) in [5.74, 6) is -4.72. The normalized spacial score (nSPS) is 21.3. The summed E-state index contributed by atoms with van der Waals surface area (Å²) >= 11 is 0. The third-order valence-electron chi connectivity index (χ3n) is 4.39. The van der Waals surface area contributed by atoms with Crippen molar-refractivity contribution in [2.75, 3.05) is 0 Å². The minimum Gasteiger partial charge on any atom is -0.329 e. The lowest BCUT2D eigenvalue weighted by Crippen LogP contribution is -2.33. The molecule has 0 saturated heterocycles. The first kappa shape index (κ1) is 15.4. The third-order valence-corrected chi connectivity index (χ3v) is 4.39. The fourth-order valence-electron chi connectivity index (χ4n) is 3.01. The molecule has 1 saturated carbocycles. The Bertz CT molecular complexity index is 892. The van der Waals surface area contributed by atoms with Gasteiger partial charge in [0.2, 0.25) is 0 Å². The monoisotopic (exact) mass is 343 g/mol. The summed E-state index contributed by atoms with van der Waals surface area (Å²) in [6.07, 6.45) is 0.266. The molecule has 0 N–H and O–H groups in total. The fraction of sp³-hybridized carbons (Fsp3) is 0.167. The lowest BCUT2D eigenvalue weighted by molar-refractivity contribution is -0.170. The van der Waals surface area contributed by atoms with E-state index in [2.05, 4.69) is 0 Å². The number of rotatable bonds is 3. The van der Waals surface area contributed by atoms with Crippen LogP contribution in [-0.2, 0) is 9.63 Å². The first-order valence-electron chi connectivity index (χ1n) is 7.62. The van der Waals surface area contributed by atoms with Gasteiger partial charge in [-0.05, 0) is 42.3 Å². The van der Waals surface area contributed by atoms with Gasteiger partial charge in [0, 0.05) is 5.92 Å². The quantitative estimate of drug-likeness (QED) is 0.804. The van der Waals surface area contributed by atoms with E-state index in [4.69, 9.17) is 4.84 Å². The van der Waals surface area contributed by atoms with Crippen molar-refractivity contribution in [3.8, 4) is 0 Å². The standard InChI is InChI=1S/C18H11F2NO4/c19-9-5-6-15(20)13(7-9)12-8-14(12)18(24)25-21-16(22)10-3-1-2-4-11(10)17(21)23/h1-7,12,14H,8H2. The maximum Gasteiger partial charge on any atom is 0.336 e. The molecular formula is C18H11F2NO4. The van der Waals surface area contributed by atoms with Gasteiger partial charge in [-0.2, -0.15) is 0 Å². The van der Waals surface area contributed by atoms with E-state index < -0.39 is 41.3 Å². The Morgan fingerprint density at radius 2 is 1.68 bits per heavy atom. The molecule has 2 unspecified atom stereocenters. The van der Waals surface area contributed by atoms with Crippen molar-refractivity contribution in [2.45, 2.75) is 12.3 Å². The topological polar surface area (TPSA) is 63.7 Å². The van der Waals surface area contributed by atoms with E-state index in [1.54, 1.807) is 12.1 Å². The van der Waals surface area contributed by atoms with E-state index in [1.807, 2.05) is 0 Å². The molecule has 1 aliphatic carbocycles. The van der Waals surface area contributed by atoms with Gasteiger partial charge in [-0.15, -0.1) is 0 Å². The largest absolute Gasteiger partial charge is 0.336 e. The highest BCUT2D eigenvalue weighted by atomic mass is 19.1. The molecule has 1 fully saturated rings. The Hall–Kier alpha value is -3.09. The molecule has 2 amide bonds. The Kier molecular flexibility index (Phi) is 3.38. The predicted molar refractivity (Wildman–Crippen MR) is 80.2 cm³/mol. The Labute approximate surface area is 140 Å². The smallest absolute Gasteiger partial charge is 0.329 e. The summed E-state index contributed by atoms with van der Waals surface area (Å²) in [5, 5.41) is 0.421. The lowest BCUT2D eigenvalue weighted by atomic mass is 10.1. The van der Waals surface area contributed by atoms with Gasteiger partial charge in [-0.1, -0.05) is 17.2 Å². The molecule has 0 radical (unpaired) electrons. The van der Waals surface area contributed by atoms with Crippen LogP contribution in [0.3, 0.4) is 0 Å². The Morgan fingerprint density at radius 1 is 1.04 bits per heavy atom. The van der Waals surface area contributed by atoms with Gasteiger partial charge >= 0.3 is 5.97 Å². The summed E-state index contributed by atoms with van der Waals surface area (Å²) in [5.41, 5.74) is 0.400. The van der Waals surface area contributed by atoms with E-state index in [0.29, 0.717) is 5.06 Å². The van der Waals surface area contributed by atoms with Crippen LogP contribution < -0.4 is 0 Å². The van der Waals surface area contributed by atoms with Crippen LogP contribution in [0.4, 0.5) is 8.78 Å². The van der Waals surface area contributed by atoms with E-state index in [9.17, 15) is 23.2 Å². The van der Waals surface area contributed by atoms with Crippen LogP contribution in [0.1, 0.15) is 38.6 Å². The second kappa shape index (κ2) is 5.47. The number of nitrogens with zero attached hydrogens (tertiary/aromatic N) is 1. The second-order valence-corrected chi connectivity index (χ2v) is 5.98. The van der Waals surface area contributed by atoms with Crippen LogP contribution in [-0.4, -0.2) is 22.8 Å². The van der Waals surface area contributed by atoms with Crippen molar-refractivity contribution in [3.63, 3.8) is 0 Å². The summed E-state index contributed by atoms with van der Waals surface area (Å²) in [4.78, 5) is 41.5. The summed E-state index contributed by atoms with van der Waals surface area (Å²) in [7, 11) is 0. The molecular weight excluding hydrogens is 332 g/mol. The third kappa shape index (κ3) is 2.48. The molecule has 4 rings (SSSR count). The zero-order chi connectivity index (χ0) is 17.7. The van der Waals surface area contributed by atoms with Crippen molar-refractivity contribution < 1.29 is 28.0 Å². The first-order chi connectivity index (χ1) is 12.0. The maximum atomic E-state index is 13.8. The molecule has 5 nitrogen and oxygen atoms in total. The Balaban J connectivity index is 1.49. The number of benzene rings is 2. The van der Waals surface area contributed by atoms with E-state index >= 15 is 0 Å². The van der Waals surface area contributed by atoms with Crippen molar-refractivity contribution in [2.24, 2.45) is 5.92 Å². The van der Waals surface area contributed by atoms with Gasteiger partial charge in [0.05, 0.1) is 17.0 Å². The van der Waals surface area contributed by atoms with Gasteiger partial charge in [-0.25, -0.2) is 13.6 Å². The number of hydroxylamine groups is 2. The van der Waals surface area contributed by atoms with Gasteiger partial charge < -0.3 is 4.84 Å². The SMILES string of the molecule is O=C(ON1C(=O)c2ccccc2C1=O)C1CC1c1cc(F)ccc1F. The van der Waals surface area contributed by atoms with Crippen LogP contribution in [0, 0.1) is 17.6 Å². The molecule has 126 valence electrons. The predicted octanol–water partition coefficient (Wildman–Crippen LogP) is 2.82. The second-order valence-electron chi connectivity index (χ2n) is 5.98. The molecule has 25 heavy (non-hydrogen) atoms. The highest BCUT2D eigenvalue weighted by Crippen LogP contribution is 2.49. The highest BCUT2D eigenvalue weighted by molar-refractivity contribution is 6.20. The molecule has 2 aromatic rings. The van der Waals surface area contributed by atoms with Crippen molar-refractivity contribution in [1.29, 1.82) is 0 Å². The Morgan fingerprint density at radius 3 is 2.32 bits per heavy atom. The van der Waals surface area contributed by atoms with Gasteiger partial charge in [-0.3, -0.25) is 9.59 Å². The van der Waals surface area contributed by atoms with Crippen LogP contribution >= 0.6 is 0 Å². The number of amides is 2. The molecule has 0 aromatic heterocycles. The fourth-order valence-corrected chi connectivity index (χ4v) is 3.01. The van der Waals surface area contributed by atoms with E-state index in [-0.39, 0.29) is 23.1 Å². The lowest BCUT2D eigenvalue weighted by Gasteiger charge is -2.12. The molecule has 2 aliphatic rings. The number of halogens is 2. The number of carbonyl (C=O) groups excluding carboxylic acids is 3. The number of imide groups is 1. The highest BCUT2D eigenvalue weighted by Gasteiger charge is 2.49. The zero-order valence-corrected chi connectivity index (χ0v) is 12.7. The van der Waals surface area contributed by atoms with Crippen LogP contribution in [0.2, 0.25) is 0 Å². The maximum absolute atomic E-state index is 13.8. The number of hydrogen-bond acceptors (Lipinski definition) is 4. The molecule has 7 heteroatoms. The average molecular weight is 343 g/mol. The van der Waals surface area contributed by atoms with Crippen molar-refractivity contribution in [1.82, 2.24) is 5.06 Å². The number of hydrogen-bond donors (Lipinski definition) is 0. The molecule has 0 spiro atoms. The minimum atomic E-state index is -0.817. The molecule has 2 atom stereocenters. The van der Waals surface area contributed by atoms with Gasteiger partial charge in [0.1, 0.15) is 11.6 Å². The molecule has 2 aromatic carbocycles. The summed E-state index contributed by atoms with van der Waals surface area (Å²) in [6, 6.07) is 9.15.